The van der Waals surface area contributed by atoms with Crippen LogP contribution in [0.5, 0.6) is 0 Å². The van der Waals surface area contributed by atoms with E-state index in [-0.39, 0.29) is 12.1 Å². The van der Waals surface area contributed by atoms with Gasteiger partial charge in [-0.3, -0.25) is 15.6 Å². The van der Waals surface area contributed by atoms with Crippen LogP contribution in [0.1, 0.15) is 139 Å². The summed E-state index contributed by atoms with van der Waals surface area (Å²) in [5, 5.41) is 10.5. The Morgan fingerprint density at radius 1 is 0.444 bits per heavy atom. The van der Waals surface area contributed by atoms with Gasteiger partial charge in [0.2, 0.25) is 0 Å². The van der Waals surface area contributed by atoms with E-state index >= 15 is 0 Å². The topological polar surface area (TPSA) is 41.1 Å². The van der Waals surface area contributed by atoms with E-state index in [1.165, 1.54) is 22.3 Å². The Bertz CT molecular complexity index is 1000. The lowest BCUT2D eigenvalue weighted by Crippen LogP contribution is -2.15. The zero-order valence-corrected chi connectivity index (χ0v) is 24.0. The maximum Gasteiger partial charge on any atom is 0.0899 e. The first kappa shape index (κ1) is 27.8. The second-order valence-electron chi connectivity index (χ2n) is 11.3. The highest BCUT2D eigenvalue weighted by atomic mass is 15.0. The Morgan fingerprint density at radius 3 is 1.00 bits per heavy atom. The maximum absolute atomic E-state index is 5.24. The van der Waals surface area contributed by atoms with E-state index in [2.05, 4.69) is 124 Å². The van der Waals surface area contributed by atoms with E-state index in [9.17, 15) is 0 Å². The molecule has 0 fully saturated rings. The van der Waals surface area contributed by atoms with E-state index in [1.54, 1.807) is 0 Å². The fourth-order valence-electron chi connectivity index (χ4n) is 4.78. The van der Waals surface area contributed by atoms with Crippen molar-refractivity contribution in [3.05, 3.63) is 88.2 Å². The summed E-state index contributed by atoms with van der Waals surface area (Å²) in [7, 11) is 0. The zero-order chi connectivity index (χ0) is 26.6. The minimum atomic E-state index is -0.0382. The first-order valence-corrected chi connectivity index (χ1v) is 13.6. The molecule has 2 atom stereocenters. The van der Waals surface area contributed by atoms with E-state index in [4.69, 9.17) is 15.6 Å². The van der Waals surface area contributed by atoms with Crippen LogP contribution >= 0.6 is 0 Å². The number of aromatic nitrogens is 1. The predicted octanol–water partition coefficient (Wildman–Crippen LogP) is 9.57. The van der Waals surface area contributed by atoms with Gasteiger partial charge in [-0.15, -0.1) is 0 Å². The lowest BCUT2D eigenvalue weighted by atomic mass is 9.92. The van der Waals surface area contributed by atoms with E-state index in [0.29, 0.717) is 23.7 Å². The highest BCUT2D eigenvalue weighted by Crippen LogP contribution is 2.36. The molecule has 2 radical (unpaired) electrons. The Morgan fingerprint density at radius 2 is 0.722 bits per heavy atom. The van der Waals surface area contributed by atoms with E-state index < -0.39 is 0 Å². The monoisotopic (exact) mass is 483 g/mol. The van der Waals surface area contributed by atoms with Gasteiger partial charge in [-0.25, -0.2) is 0 Å². The molecule has 0 aliphatic heterocycles. The SMILES string of the molecule is CC(C)c1cccc(C(C)C)c1[N]C(C)c1cccc(C(C)[N]c2c(C(C)C)cccc2C(C)C)n1. The highest BCUT2D eigenvalue weighted by Gasteiger charge is 2.21. The van der Waals surface area contributed by atoms with Gasteiger partial charge in [0.1, 0.15) is 0 Å². The zero-order valence-electron chi connectivity index (χ0n) is 24.0. The number of nitrogens with zero attached hydrogens (tertiary/aromatic N) is 3. The van der Waals surface area contributed by atoms with Crippen LogP contribution in [0.2, 0.25) is 0 Å². The van der Waals surface area contributed by atoms with Crippen LogP contribution < -0.4 is 10.6 Å². The van der Waals surface area contributed by atoms with Crippen LogP contribution in [-0.2, 0) is 0 Å². The summed E-state index contributed by atoms with van der Waals surface area (Å²) in [5.74, 6) is 1.68. The summed E-state index contributed by atoms with van der Waals surface area (Å²) in [4.78, 5) is 5.08. The number of pyridine rings is 1. The summed E-state index contributed by atoms with van der Waals surface area (Å²) in [6.07, 6.45) is 0. The third-order valence-electron chi connectivity index (χ3n) is 6.98. The van der Waals surface area contributed by atoms with Crippen molar-refractivity contribution in [2.75, 3.05) is 0 Å². The van der Waals surface area contributed by atoms with Crippen molar-refractivity contribution >= 4 is 11.4 Å². The van der Waals surface area contributed by atoms with Gasteiger partial charge in [0.15, 0.2) is 0 Å². The molecule has 1 aromatic heterocycles. The van der Waals surface area contributed by atoms with E-state index in [1.807, 2.05) is 0 Å². The fourth-order valence-corrected chi connectivity index (χ4v) is 4.78. The van der Waals surface area contributed by atoms with Crippen LogP contribution in [0.25, 0.3) is 0 Å². The summed E-state index contributed by atoms with van der Waals surface area (Å²) in [5.41, 5.74) is 9.46. The van der Waals surface area contributed by atoms with Gasteiger partial charge in [0, 0.05) is 0 Å². The molecule has 3 heteroatoms. The second-order valence-corrected chi connectivity index (χ2v) is 11.3. The third kappa shape index (κ3) is 6.30. The first-order valence-electron chi connectivity index (χ1n) is 13.6. The van der Waals surface area contributed by atoms with Crippen molar-refractivity contribution in [2.45, 2.75) is 105 Å². The molecule has 3 rings (SSSR count). The molecule has 0 N–H and O–H groups in total. The average molecular weight is 484 g/mol. The van der Waals surface area contributed by atoms with Crippen molar-refractivity contribution in [3.8, 4) is 0 Å². The molecule has 0 bridgehead atoms. The quantitative estimate of drug-likeness (QED) is 0.283. The lowest BCUT2D eigenvalue weighted by Gasteiger charge is -2.24. The minimum absolute atomic E-state index is 0.0382. The van der Waals surface area contributed by atoms with Crippen molar-refractivity contribution in [1.82, 2.24) is 15.6 Å². The third-order valence-corrected chi connectivity index (χ3v) is 6.98. The molecule has 0 aliphatic carbocycles. The van der Waals surface area contributed by atoms with Gasteiger partial charge < -0.3 is 0 Å². The van der Waals surface area contributed by atoms with Gasteiger partial charge in [0.25, 0.3) is 0 Å². The molecule has 1 heterocycles. The standard InChI is InChI=1S/C33H45N3/c1-20(2)26-14-11-15-27(21(3)4)32(26)34-24(9)30-18-13-19-31(36-30)25(10)35-33-28(22(5)6)16-12-17-29(33)23(7)8/h11-25H,1-10H3. The van der Waals surface area contributed by atoms with Crippen molar-refractivity contribution in [2.24, 2.45) is 0 Å². The van der Waals surface area contributed by atoms with Crippen molar-refractivity contribution in [3.63, 3.8) is 0 Å². The molecule has 192 valence electrons. The summed E-state index contributed by atoms with van der Waals surface area (Å²) in [6, 6.07) is 19.4. The Hall–Kier alpha value is -2.81. The van der Waals surface area contributed by atoms with Gasteiger partial charge >= 0.3 is 0 Å². The number of para-hydroxylation sites is 2. The predicted molar refractivity (Wildman–Crippen MR) is 154 cm³/mol. The smallest absolute Gasteiger partial charge is 0.0899 e. The van der Waals surface area contributed by atoms with Crippen LogP contribution in [0.3, 0.4) is 0 Å². The van der Waals surface area contributed by atoms with Crippen LogP contribution in [0, 0.1) is 0 Å². The molecule has 2 unspecified atom stereocenters. The van der Waals surface area contributed by atoms with Gasteiger partial charge in [-0.1, -0.05) is 97.9 Å². The van der Waals surface area contributed by atoms with Crippen LogP contribution in [0.15, 0.2) is 54.6 Å². The molecule has 0 saturated carbocycles. The second kappa shape index (κ2) is 12.0. The summed E-state index contributed by atoms with van der Waals surface area (Å²) < 4.78 is 0. The number of hydrogen-bond acceptors (Lipinski definition) is 1. The summed E-state index contributed by atoms with van der Waals surface area (Å²) >= 11 is 0. The van der Waals surface area contributed by atoms with Crippen LogP contribution in [-0.4, -0.2) is 4.98 Å². The van der Waals surface area contributed by atoms with Crippen molar-refractivity contribution in [1.29, 1.82) is 0 Å². The molecule has 0 spiro atoms. The Kier molecular flexibility index (Phi) is 9.22. The van der Waals surface area contributed by atoms with Gasteiger partial charge in [0.05, 0.1) is 34.8 Å². The molecular formula is C33H45N3. The number of benzene rings is 2. The summed E-state index contributed by atoms with van der Waals surface area (Å²) in [6.45, 7) is 22.2. The van der Waals surface area contributed by atoms with Gasteiger partial charge in [-0.2, -0.15) is 0 Å². The molecule has 36 heavy (non-hydrogen) atoms. The maximum atomic E-state index is 5.24. The molecule has 0 saturated heterocycles. The van der Waals surface area contributed by atoms with Crippen LogP contribution in [0.4, 0.5) is 11.4 Å². The van der Waals surface area contributed by atoms with E-state index in [0.717, 1.165) is 22.8 Å². The molecule has 0 aliphatic rings. The highest BCUT2D eigenvalue weighted by molar-refractivity contribution is 5.56. The van der Waals surface area contributed by atoms with Gasteiger partial charge in [-0.05, 0) is 71.9 Å². The first-order chi connectivity index (χ1) is 17.0. The average Bonchev–Trinajstić information content (AvgIpc) is 2.83. The fraction of sp³-hybridized carbons (Fsp3) is 0.485. The molecule has 0 amide bonds. The lowest BCUT2D eigenvalue weighted by molar-refractivity contribution is 0.610. The van der Waals surface area contributed by atoms with Crippen molar-refractivity contribution < 1.29 is 0 Å². The molecule has 2 aromatic carbocycles. The minimum Gasteiger partial charge on any atom is -0.275 e. The molecule has 3 nitrogen and oxygen atoms in total. The molecular weight excluding hydrogens is 438 g/mol. The Labute approximate surface area is 220 Å². The Balaban J connectivity index is 1.90. The largest absolute Gasteiger partial charge is 0.275 e. The normalized spacial score (nSPS) is 13.5. The molecule has 3 aromatic rings. The number of hydrogen-bond donors (Lipinski definition) is 0. The number of rotatable bonds is 10.